The lowest BCUT2D eigenvalue weighted by Gasteiger charge is -2.01. The average molecular weight is 285 g/mol. The van der Waals surface area contributed by atoms with Gasteiger partial charge in [-0.3, -0.25) is 0 Å². The zero-order chi connectivity index (χ0) is 11.5. The Kier molecular flexibility index (Phi) is 3.40. The summed E-state index contributed by atoms with van der Waals surface area (Å²) in [6.07, 6.45) is 2.70. The number of hydrogen-bond donors (Lipinski definition) is 1. The average Bonchev–Trinajstić information content (AvgIpc) is 2.87. The van der Waals surface area contributed by atoms with E-state index < -0.39 is 0 Å². The first-order chi connectivity index (χ1) is 7.69. The van der Waals surface area contributed by atoms with Crippen molar-refractivity contribution in [1.82, 2.24) is 15.0 Å². The molecular formula is C10H13BrN4O. The van der Waals surface area contributed by atoms with Crippen molar-refractivity contribution >= 4 is 15.9 Å². The molecule has 2 aromatic heterocycles. The summed E-state index contributed by atoms with van der Waals surface area (Å²) in [5.41, 5.74) is 6.67. The second-order valence-electron chi connectivity index (χ2n) is 3.56. The van der Waals surface area contributed by atoms with E-state index in [4.69, 9.17) is 10.2 Å². The summed E-state index contributed by atoms with van der Waals surface area (Å²) in [5.74, 6) is 0.827. The second-order valence-corrected chi connectivity index (χ2v) is 4.34. The summed E-state index contributed by atoms with van der Waals surface area (Å²) < 4.78 is 7.81. The molecule has 0 aromatic carbocycles. The van der Waals surface area contributed by atoms with Crippen molar-refractivity contribution in [2.45, 2.75) is 25.9 Å². The SMILES string of the molecule is CCC(N)c1cn(Cc2ccc(Br)o2)nn1. The van der Waals surface area contributed by atoms with E-state index in [1.807, 2.05) is 25.3 Å². The lowest BCUT2D eigenvalue weighted by Crippen LogP contribution is -2.08. The van der Waals surface area contributed by atoms with E-state index in [2.05, 4.69) is 26.2 Å². The van der Waals surface area contributed by atoms with Crippen molar-refractivity contribution in [2.24, 2.45) is 5.73 Å². The van der Waals surface area contributed by atoms with Gasteiger partial charge in [-0.1, -0.05) is 12.1 Å². The van der Waals surface area contributed by atoms with Crippen LogP contribution in [0.5, 0.6) is 0 Å². The van der Waals surface area contributed by atoms with E-state index in [-0.39, 0.29) is 6.04 Å². The molecule has 5 nitrogen and oxygen atoms in total. The molecule has 0 aliphatic rings. The topological polar surface area (TPSA) is 69.9 Å². The maximum absolute atomic E-state index is 5.86. The number of nitrogens with zero attached hydrogens (tertiary/aromatic N) is 3. The molecule has 16 heavy (non-hydrogen) atoms. The van der Waals surface area contributed by atoms with Crippen LogP contribution < -0.4 is 5.73 Å². The third-order valence-corrected chi connectivity index (χ3v) is 2.75. The Hall–Kier alpha value is -1.14. The monoisotopic (exact) mass is 284 g/mol. The van der Waals surface area contributed by atoms with Gasteiger partial charge in [-0.2, -0.15) is 0 Å². The largest absolute Gasteiger partial charge is 0.452 e. The predicted molar refractivity (Wildman–Crippen MR) is 62.8 cm³/mol. The van der Waals surface area contributed by atoms with E-state index in [0.29, 0.717) is 11.2 Å². The van der Waals surface area contributed by atoms with Crippen molar-refractivity contribution < 1.29 is 4.42 Å². The van der Waals surface area contributed by atoms with Crippen molar-refractivity contribution in [3.8, 4) is 0 Å². The van der Waals surface area contributed by atoms with E-state index >= 15 is 0 Å². The quantitative estimate of drug-likeness (QED) is 0.933. The third-order valence-electron chi connectivity index (χ3n) is 2.32. The highest BCUT2D eigenvalue weighted by molar-refractivity contribution is 9.10. The normalized spacial score (nSPS) is 12.9. The van der Waals surface area contributed by atoms with Crippen LogP contribution in [-0.2, 0) is 6.54 Å². The molecule has 1 unspecified atom stereocenters. The van der Waals surface area contributed by atoms with Gasteiger partial charge in [0, 0.05) is 0 Å². The number of furan rings is 1. The number of nitrogens with two attached hydrogens (primary N) is 1. The molecule has 0 radical (unpaired) electrons. The Balaban J connectivity index is 2.08. The van der Waals surface area contributed by atoms with Crippen LogP contribution in [0.1, 0.15) is 30.8 Å². The molecule has 86 valence electrons. The van der Waals surface area contributed by atoms with Crippen LogP contribution >= 0.6 is 15.9 Å². The number of rotatable bonds is 4. The Morgan fingerprint density at radius 2 is 2.38 bits per heavy atom. The van der Waals surface area contributed by atoms with Gasteiger partial charge in [0.15, 0.2) is 4.67 Å². The van der Waals surface area contributed by atoms with Gasteiger partial charge >= 0.3 is 0 Å². The van der Waals surface area contributed by atoms with Crippen LogP contribution in [0.3, 0.4) is 0 Å². The molecule has 2 rings (SSSR count). The molecule has 0 spiro atoms. The van der Waals surface area contributed by atoms with Crippen molar-refractivity contribution in [2.75, 3.05) is 0 Å². The van der Waals surface area contributed by atoms with Gasteiger partial charge in [0.2, 0.25) is 0 Å². The fourth-order valence-corrected chi connectivity index (χ4v) is 1.71. The summed E-state index contributed by atoms with van der Waals surface area (Å²) >= 11 is 3.25. The Morgan fingerprint density at radius 3 is 3.00 bits per heavy atom. The number of aromatic nitrogens is 3. The summed E-state index contributed by atoms with van der Waals surface area (Å²) in [5, 5.41) is 8.03. The van der Waals surface area contributed by atoms with Gasteiger partial charge in [-0.15, -0.1) is 5.10 Å². The summed E-state index contributed by atoms with van der Waals surface area (Å²) in [4.78, 5) is 0. The van der Waals surface area contributed by atoms with Crippen LogP contribution in [0.2, 0.25) is 0 Å². The Morgan fingerprint density at radius 1 is 1.56 bits per heavy atom. The molecule has 0 saturated heterocycles. The number of hydrogen-bond acceptors (Lipinski definition) is 4. The highest BCUT2D eigenvalue weighted by Gasteiger charge is 2.09. The van der Waals surface area contributed by atoms with Gasteiger partial charge in [-0.05, 0) is 34.5 Å². The maximum atomic E-state index is 5.86. The maximum Gasteiger partial charge on any atom is 0.169 e. The van der Waals surface area contributed by atoms with E-state index in [0.717, 1.165) is 17.9 Å². The smallest absolute Gasteiger partial charge is 0.169 e. The minimum Gasteiger partial charge on any atom is -0.452 e. The van der Waals surface area contributed by atoms with Gasteiger partial charge in [0.25, 0.3) is 0 Å². The summed E-state index contributed by atoms with van der Waals surface area (Å²) in [7, 11) is 0. The van der Waals surface area contributed by atoms with E-state index in [1.165, 1.54) is 0 Å². The van der Waals surface area contributed by atoms with Gasteiger partial charge in [0.05, 0.1) is 17.9 Å². The molecule has 1 atom stereocenters. The Bertz CT molecular complexity index is 465. The third kappa shape index (κ3) is 2.51. The molecule has 0 fully saturated rings. The lowest BCUT2D eigenvalue weighted by molar-refractivity contribution is 0.459. The first-order valence-electron chi connectivity index (χ1n) is 5.09. The predicted octanol–water partition coefficient (Wildman–Crippen LogP) is 2.09. The fourth-order valence-electron chi connectivity index (χ4n) is 1.37. The fraction of sp³-hybridized carbons (Fsp3) is 0.400. The second kappa shape index (κ2) is 4.80. The minimum absolute atomic E-state index is 0.0444. The highest BCUT2D eigenvalue weighted by Crippen LogP contribution is 2.15. The van der Waals surface area contributed by atoms with Crippen LogP contribution in [-0.4, -0.2) is 15.0 Å². The molecule has 0 amide bonds. The first kappa shape index (κ1) is 11.3. The Labute approximate surface area is 102 Å². The molecule has 6 heteroatoms. The molecule has 2 heterocycles. The van der Waals surface area contributed by atoms with Crippen LogP contribution in [0, 0.1) is 0 Å². The zero-order valence-corrected chi connectivity index (χ0v) is 10.5. The molecule has 2 aromatic rings. The van der Waals surface area contributed by atoms with Gasteiger partial charge in [-0.25, -0.2) is 4.68 Å². The van der Waals surface area contributed by atoms with Crippen LogP contribution in [0.15, 0.2) is 27.4 Å². The molecule has 0 aliphatic heterocycles. The lowest BCUT2D eigenvalue weighted by atomic mass is 10.2. The molecule has 0 bridgehead atoms. The zero-order valence-electron chi connectivity index (χ0n) is 8.93. The molecular weight excluding hydrogens is 272 g/mol. The van der Waals surface area contributed by atoms with Crippen molar-refractivity contribution in [3.05, 3.63) is 34.5 Å². The molecule has 0 saturated carbocycles. The van der Waals surface area contributed by atoms with Crippen molar-refractivity contribution in [1.29, 1.82) is 0 Å². The standard InChI is InChI=1S/C10H13BrN4O/c1-2-8(12)9-6-15(14-13-9)5-7-3-4-10(11)16-7/h3-4,6,8H,2,5,12H2,1H3. The van der Waals surface area contributed by atoms with Crippen molar-refractivity contribution in [3.63, 3.8) is 0 Å². The van der Waals surface area contributed by atoms with Gasteiger partial charge < -0.3 is 10.2 Å². The summed E-state index contributed by atoms with van der Waals surface area (Å²) in [6, 6.07) is 3.70. The van der Waals surface area contributed by atoms with E-state index in [1.54, 1.807) is 4.68 Å². The highest BCUT2D eigenvalue weighted by atomic mass is 79.9. The minimum atomic E-state index is -0.0444. The molecule has 0 aliphatic carbocycles. The number of halogens is 1. The molecule has 2 N–H and O–H groups in total. The summed E-state index contributed by atoms with van der Waals surface area (Å²) in [6.45, 7) is 2.59. The van der Waals surface area contributed by atoms with Gasteiger partial charge in [0.1, 0.15) is 12.3 Å². The van der Waals surface area contributed by atoms with Crippen LogP contribution in [0.25, 0.3) is 0 Å². The van der Waals surface area contributed by atoms with E-state index in [9.17, 15) is 0 Å². The van der Waals surface area contributed by atoms with Crippen LogP contribution in [0.4, 0.5) is 0 Å². The first-order valence-corrected chi connectivity index (χ1v) is 5.88.